The van der Waals surface area contributed by atoms with Crippen LogP contribution in [-0.2, 0) is 20.8 Å². The molecular weight excluding hydrogens is 374 g/mol. The van der Waals surface area contributed by atoms with E-state index in [4.69, 9.17) is 13.9 Å². The van der Waals surface area contributed by atoms with E-state index in [2.05, 4.69) is 4.90 Å². The lowest BCUT2D eigenvalue weighted by Crippen LogP contribution is -2.57. The topological polar surface area (TPSA) is 75.5 Å². The van der Waals surface area contributed by atoms with Gasteiger partial charge in [0.05, 0.1) is 36.8 Å². The van der Waals surface area contributed by atoms with Gasteiger partial charge in [0.15, 0.2) is 0 Å². The summed E-state index contributed by atoms with van der Waals surface area (Å²) in [6, 6.07) is 1.85. The number of hydrogen-bond donors (Lipinski definition) is 0. The molecule has 1 aromatic heterocycles. The van der Waals surface area contributed by atoms with Crippen LogP contribution in [-0.4, -0.2) is 92.7 Å². The highest BCUT2D eigenvalue weighted by Crippen LogP contribution is 2.41. The highest BCUT2D eigenvalue weighted by molar-refractivity contribution is 5.94. The number of carbonyl (C=O) groups is 2. The Morgan fingerprint density at radius 3 is 2.66 bits per heavy atom. The highest BCUT2D eigenvalue weighted by atomic mass is 16.5. The van der Waals surface area contributed by atoms with E-state index in [1.54, 1.807) is 18.3 Å². The predicted octanol–water partition coefficient (Wildman–Crippen LogP) is 1.21. The third-order valence-electron chi connectivity index (χ3n) is 6.62. The van der Waals surface area contributed by atoms with Gasteiger partial charge in [-0.3, -0.25) is 14.5 Å². The minimum absolute atomic E-state index is 0.0169. The Balaban J connectivity index is 1.36. The Bertz CT molecular complexity index is 734. The second-order valence-electron chi connectivity index (χ2n) is 8.51. The van der Waals surface area contributed by atoms with E-state index in [-0.39, 0.29) is 17.9 Å². The van der Waals surface area contributed by atoms with Crippen LogP contribution >= 0.6 is 0 Å². The summed E-state index contributed by atoms with van der Waals surface area (Å²) in [4.78, 5) is 31.7. The molecule has 1 atom stereocenters. The van der Waals surface area contributed by atoms with Gasteiger partial charge in [-0.2, -0.15) is 0 Å². The van der Waals surface area contributed by atoms with Crippen LogP contribution in [0.15, 0.2) is 16.7 Å². The Morgan fingerprint density at radius 2 is 1.97 bits per heavy atom. The molecule has 0 aliphatic carbocycles. The lowest BCUT2D eigenvalue weighted by Gasteiger charge is -2.47. The van der Waals surface area contributed by atoms with Gasteiger partial charge in [0.2, 0.25) is 5.91 Å². The molecule has 1 unspecified atom stereocenters. The minimum atomic E-state index is -0.400. The van der Waals surface area contributed by atoms with Crippen molar-refractivity contribution >= 4 is 11.8 Å². The van der Waals surface area contributed by atoms with Crippen molar-refractivity contribution in [3.63, 3.8) is 0 Å². The zero-order valence-electron chi connectivity index (χ0n) is 17.4. The van der Waals surface area contributed by atoms with Gasteiger partial charge in [-0.25, -0.2) is 0 Å². The highest BCUT2D eigenvalue weighted by Gasteiger charge is 2.48. The van der Waals surface area contributed by atoms with E-state index in [0.29, 0.717) is 44.6 Å². The minimum Gasteiger partial charge on any atom is -0.467 e. The van der Waals surface area contributed by atoms with E-state index < -0.39 is 5.41 Å². The van der Waals surface area contributed by atoms with Crippen molar-refractivity contribution in [3.8, 4) is 0 Å². The van der Waals surface area contributed by atoms with Gasteiger partial charge in [-0.05, 0) is 25.3 Å². The molecule has 2 amide bonds. The predicted molar refractivity (Wildman–Crippen MR) is 105 cm³/mol. The fraction of sp³-hybridized carbons (Fsp3) is 0.714. The number of piperidine rings is 2. The maximum atomic E-state index is 13.0. The van der Waals surface area contributed by atoms with Crippen LogP contribution in [0.1, 0.15) is 35.4 Å². The van der Waals surface area contributed by atoms with Crippen LogP contribution in [0.5, 0.6) is 0 Å². The lowest BCUT2D eigenvalue weighted by atomic mass is 9.71. The first-order chi connectivity index (χ1) is 14.0. The number of morpholine rings is 1. The first kappa shape index (κ1) is 20.4. The standard InChI is InChI=1S/C21H31N3O5/c1-22-13-18(27-2)12-21(20(22)26)3-5-24(6-4-21)19(25)16-11-17(29-15-16)14-23-7-9-28-10-8-23/h11,15,18H,3-10,12-14H2,1-2H3. The largest absolute Gasteiger partial charge is 0.467 e. The molecule has 1 aromatic rings. The quantitative estimate of drug-likeness (QED) is 0.750. The van der Waals surface area contributed by atoms with Gasteiger partial charge in [-0.15, -0.1) is 0 Å². The number of likely N-dealkylation sites (tertiary alicyclic amines) is 2. The number of methoxy groups -OCH3 is 1. The molecule has 3 aliphatic heterocycles. The summed E-state index contributed by atoms with van der Waals surface area (Å²) in [5.41, 5.74) is 0.189. The maximum absolute atomic E-state index is 13.0. The maximum Gasteiger partial charge on any atom is 0.257 e. The zero-order valence-corrected chi connectivity index (χ0v) is 17.4. The average molecular weight is 405 g/mol. The van der Waals surface area contributed by atoms with Crippen LogP contribution < -0.4 is 0 Å². The molecule has 4 rings (SSSR count). The number of ether oxygens (including phenoxy) is 2. The number of amides is 2. The van der Waals surface area contributed by atoms with Crippen LogP contribution in [0.3, 0.4) is 0 Å². The second kappa shape index (κ2) is 8.45. The van der Waals surface area contributed by atoms with Gasteiger partial charge in [-0.1, -0.05) is 0 Å². The lowest BCUT2D eigenvalue weighted by molar-refractivity contribution is -0.155. The Labute approximate surface area is 171 Å². The Hall–Kier alpha value is -1.90. The molecule has 160 valence electrons. The molecule has 1 spiro atoms. The summed E-state index contributed by atoms with van der Waals surface area (Å²) in [5.74, 6) is 0.974. The van der Waals surface area contributed by atoms with E-state index >= 15 is 0 Å². The summed E-state index contributed by atoms with van der Waals surface area (Å²) in [5, 5.41) is 0. The van der Waals surface area contributed by atoms with Crippen molar-refractivity contribution in [2.24, 2.45) is 5.41 Å². The molecule has 0 radical (unpaired) electrons. The van der Waals surface area contributed by atoms with Crippen molar-refractivity contribution < 1.29 is 23.5 Å². The average Bonchev–Trinajstić information content (AvgIpc) is 3.21. The molecule has 4 heterocycles. The number of carbonyl (C=O) groups excluding carboxylic acids is 2. The Kier molecular flexibility index (Phi) is 5.94. The van der Waals surface area contributed by atoms with Crippen molar-refractivity contribution in [1.29, 1.82) is 0 Å². The fourth-order valence-corrected chi connectivity index (χ4v) is 4.83. The first-order valence-electron chi connectivity index (χ1n) is 10.5. The van der Waals surface area contributed by atoms with E-state index in [0.717, 1.165) is 38.5 Å². The molecule has 3 saturated heterocycles. The van der Waals surface area contributed by atoms with Crippen molar-refractivity contribution in [1.82, 2.24) is 14.7 Å². The van der Waals surface area contributed by atoms with Crippen LogP contribution in [0.25, 0.3) is 0 Å². The van der Waals surface area contributed by atoms with E-state index in [1.165, 1.54) is 0 Å². The smallest absolute Gasteiger partial charge is 0.257 e. The first-order valence-corrected chi connectivity index (χ1v) is 10.5. The van der Waals surface area contributed by atoms with E-state index in [1.807, 2.05) is 18.0 Å². The van der Waals surface area contributed by atoms with Crippen molar-refractivity contribution in [2.75, 3.05) is 60.1 Å². The molecule has 0 bridgehead atoms. The third-order valence-corrected chi connectivity index (χ3v) is 6.62. The Morgan fingerprint density at radius 1 is 1.24 bits per heavy atom. The summed E-state index contributed by atoms with van der Waals surface area (Å²) >= 11 is 0. The number of rotatable bonds is 4. The van der Waals surface area contributed by atoms with Crippen molar-refractivity contribution in [3.05, 3.63) is 23.7 Å². The van der Waals surface area contributed by atoms with Gasteiger partial charge >= 0.3 is 0 Å². The number of furan rings is 1. The molecule has 8 nitrogen and oxygen atoms in total. The van der Waals surface area contributed by atoms with Gasteiger partial charge < -0.3 is 23.7 Å². The summed E-state index contributed by atoms with van der Waals surface area (Å²) in [7, 11) is 3.54. The zero-order chi connectivity index (χ0) is 20.4. The molecule has 8 heteroatoms. The number of nitrogens with zero attached hydrogens (tertiary/aromatic N) is 3. The van der Waals surface area contributed by atoms with Gasteiger partial charge in [0, 0.05) is 46.9 Å². The molecule has 0 aromatic carbocycles. The normalized spacial score (nSPS) is 25.6. The van der Waals surface area contributed by atoms with Crippen molar-refractivity contribution in [2.45, 2.75) is 31.9 Å². The SMILES string of the molecule is COC1CN(C)C(=O)C2(CCN(C(=O)c3coc(CN4CCOCC4)c3)CC2)C1. The second-order valence-corrected chi connectivity index (χ2v) is 8.51. The molecule has 0 saturated carbocycles. The van der Waals surface area contributed by atoms with E-state index in [9.17, 15) is 9.59 Å². The monoisotopic (exact) mass is 405 g/mol. The van der Waals surface area contributed by atoms with Gasteiger partial charge in [0.1, 0.15) is 12.0 Å². The molecule has 3 aliphatic rings. The molecule has 29 heavy (non-hydrogen) atoms. The summed E-state index contributed by atoms with van der Waals surface area (Å²) in [6.45, 7) is 5.73. The molecular formula is C21H31N3O5. The van der Waals surface area contributed by atoms with Crippen LogP contribution in [0, 0.1) is 5.41 Å². The van der Waals surface area contributed by atoms with Gasteiger partial charge in [0.25, 0.3) is 5.91 Å². The van der Waals surface area contributed by atoms with Crippen LogP contribution in [0.4, 0.5) is 0 Å². The number of hydrogen-bond acceptors (Lipinski definition) is 6. The number of likely N-dealkylation sites (N-methyl/N-ethyl adjacent to an activating group) is 1. The molecule has 0 N–H and O–H groups in total. The fourth-order valence-electron chi connectivity index (χ4n) is 4.83. The summed E-state index contributed by atoms with van der Waals surface area (Å²) in [6.07, 6.45) is 3.73. The third kappa shape index (κ3) is 4.20. The summed E-state index contributed by atoms with van der Waals surface area (Å²) < 4.78 is 16.6. The van der Waals surface area contributed by atoms with Crippen LogP contribution in [0.2, 0.25) is 0 Å². The molecule has 3 fully saturated rings.